The van der Waals surface area contributed by atoms with Crippen molar-refractivity contribution in [3.63, 3.8) is 0 Å². The van der Waals surface area contributed by atoms with Gasteiger partial charge in [-0.3, -0.25) is 0 Å². The van der Waals surface area contributed by atoms with Gasteiger partial charge in [0.2, 0.25) is 0 Å². The van der Waals surface area contributed by atoms with Gasteiger partial charge in [-0.1, -0.05) is 0 Å². The van der Waals surface area contributed by atoms with Crippen LogP contribution in [-0.2, 0) is 0 Å². The molecule has 0 saturated heterocycles. The molecule has 5 heterocycles. The van der Waals surface area contributed by atoms with Gasteiger partial charge in [0, 0.05) is 0 Å². The van der Waals surface area contributed by atoms with Gasteiger partial charge in [-0.25, -0.2) is 0 Å². The van der Waals surface area contributed by atoms with Gasteiger partial charge in [-0.2, -0.15) is 81.1 Å². The van der Waals surface area contributed by atoms with Crippen LogP contribution in [0.2, 0.25) is 0 Å². The highest BCUT2D eigenvalue weighted by molar-refractivity contribution is 5.39. The highest BCUT2D eigenvalue weighted by Gasteiger charge is 2.14. The topological polar surface area (TPSA) is 211 Å². The van der Waals surface area contributed by atoms with Crippen molar-refractivity contribution in [2.24, 2.45) is 0 Å². The van der Waals surface area contributed by atoms with E-state index in [1.54, 1.807) is 0 Å². The van der Waals surface area contributed by atoms with Crippen molar-refractivity contribution >= 4 is 47.6 Å². The van der Waals surface area contributed by atoms with E-state index in [1.165, 1.54) is 25.3 Å². The molecule has 8 bridgehead atoms. The van der Waals surface area contributed by atoms with Crippen molar-refractivity contribution in [3.8, 4) is 0 Å². The van der Waals surface area contributed by atoms with Crippen LogP contribution in [0.1, 0.15) is 0 Å². The van der Waals surface area contributed by atoms with Crippen LogP contribution in [0.4, 0.5) is 47.6 Å². The molecule has 0 unspecified atom stereocenters. The molecule has 16 nitrogen and oxygen atoms in total. The van der Waals surface area contributed by atoms with Gasteiger partial charge in [-0.15, -0.1) is 0 Å². The third kappa shape index (κ3) is 3.31. The first-order valence-corrected chi connectivity index (χ1v) is 7.43. The van der Waals surface area contributed by atoms with Gasteiger partial charge in [-0.05, 0) is 0 Å². The third-order valence-electron chi connectivity index (χ3n) is 2.99. The van der Waals surface area contributed by atoms with Crippen molar-refractivity contribution in [1.29, 1.82) is 0 Å². The number of hydrogen-bond acceptors (Lipinski definition) is 12. The second-order valence-corrected chi connectivity index (χ2v) is 4.79. The summed E-state index contributed by atoms with van der Waals surface area (Å²) in [6.45, 7) is 0. The van der Waals surface area contributed by atoms with E-state index >= 15 is 0 Å². The van der Waals surface area contributed by atoms with Crippen LogP contribution in [0.15, 0.2) is 25.3 Å². The molecule has 0 N–H and O–H groups in total. The Labute approximate surface area is 154 Å². The summed E-state index contributed by atoms with van der Waals surface area (Å²) in [6.07, 6.45) is 4.93. The van der Waals surface area contributed by atoms with Crippen LogP contribution < -0.4 is 21.3 Å². The first-order valence-electron chi connectivity index (χ1n) is 7.43. The zero-order valence-corrected chi connectivity index (χ0v) is 13.5. The maximum absolute atomic E-state index is 4.11. The average molecular weight is 372 g/mol. The van der Waals surface area contributed by atoms with E-state index in [0.29, 0.717) is 0 Å². The predicted octanol–water partition coefficient (Wildman–Crippen LogP) is -0.990. The Bertz CT molecular complexity index is 897. The Balaban J connectivity index is 1.60. The van der Waals surface area contributed by atoms with Crippen LogP contribution in [0.25, 0.3) is 0 Å². The van der Waals surface area contributed by atoms with Crippen LogP contribution in [-0.4, -0.2) is 59.8 Å². The monoisotopic (exact) mass is 372 g/mol. The fraction of sp³-hybridized carbons (Fsp3) is 0. The summed E-state index contributed by atoms with van der Waals surface area (Å²) < 4.78 is 0. The molecule has 1 aliphatic rings. The Morgan fingerprint density at radius 2 is 0.464 bits per heavy atom. The van der Waals surface area contributed by atoms with Gasteiger partial charge in [0.15, 0.2) is 0 Å². The first-order chi connectivity index (χ1) is 13.8. The number of nitrogens with zero attached hydrogens (tertiary/aromatic N) is 16. The molecule has 0 fully saturated rings. The second kappa shape index (κ2) is 6.52. The van der Waals surface area contributed by atoms with Crippen LogP contribution in [0, 0.1) is 0 Å². The van der Waals surface area contributed by atoms with Gasteiger partial charge in [0.1, 0.15) is 25.3 Å². The number of rotatable bonds is 0. The minimum Gasteiger partial charge on any atom is -0.199 e. The standard InChI is InChI=1S/C12H4N16/c1-13-5-21-6(14-1)26-8-16-3-18-10(23-8)28-12-20-4-19-11(24-12)27-9-17-2-15-7(22-9)25-5/h1-4H. The van der Waals surface area contributed by atoms with Gasteiger partial charge in [0.25, 0.3) is 47.6 Å². The minimum atomic E-state index is 0.0272. The van der Waals surface area contributed by atoms with E-state index in [2.05, 4.69) is 81.1 Å². The lowest BCUT2D eigenvalue weighted by Crippen LogP contribution is -2.09. The maximum atomic E-state index is 4.11. The number of hydrogen-bond donors (Lipinski definition) is 0. The quantitative estimate of drug-likeness (QED) is 0.320. The molecule has 0 aliphatic carbocycles. The third-order valence-corrected chi connectivity index (χ3v) is 2.99. The number of aromatic nitrogens is 12. The van der Waals surface area contributed by atoms with E-state index in [1.807, 2.05) is 0 Å². The van der Waals surface area contributed by atoms with Crippen LogP contribution in [0.5, 0.6) is 0 Å². The van der Waals surface area contributed by atoms with E-state index in [-0.39, 0.29) is 47.6 Å². The molecule has 4 aromatic rings. The molecule has 5 rings (SSSR count). The van der Waals surface area contributed by atoms with Crippen molar-refractivity contribution in [1.82, 2.24) is 81.1 Å². The lowest BCUT2D eigenvalue weighted by molar-refractivity contribution is 0.818. The van der Waals surface area contributed by atoms with Gasteiger partial charge in [0.05, 0.1) is 0 Å². The molecule has 4 radical (unpaired) electrons. The van der Waals surface area contributed by atoms with Crippen molar-refractivity contribution in [3.05, 3.63) is 25.3 Å². The molecule has 0 saturated carbocycles. The Hall–Kier alpha value is -4.76. The molecule has 4 aromatic heterocycles. The SMILES string of the molecule is c1nc2nc(n1)[N]c1ncnc(n1)[N]c1ncnc(n1)[N]c1ncnc(n1)[N]2. The second-order valence-electron chi connectivity index (χ2n) is 4.79. The maximum Gasteiger partial charge on any atom is 0.257 e. The summed E-state index contributed by atoms with van der Waals surface area (Å²) >= 11 is 0. The summed E-state index contributed by atoms with van der Waals surface area (Å²) in [5.74, 6) is 0.218. The zero-order valence-electron chi connectivity index (χ0n) is 13.5. The largest absolute Gasteiger partial charge is 0.257 e. The summed E-state index contributed by atoms with van der Waals surface area (Å²) in [6, 6.07) is 0. The molecule has 0 atom stereocenters. The van der Waals surface area contributed by atoms with Crippen molar-refractivity contribution in [2.45, 2.75) is 0 Å². The average Bonchev–Trinajstić information content (AvgIpc) is 2.69. The Kier molecular flexibility index (Phi) is 3.61. The summed E-state index contributed by atoms with van der Waals surface area (Å²) in [7, 11) is 0. The van der Waals surface area contributed by atoms with E-state index < -0.39 is 0 Å². The molecular weight excluding hydrogens is 368 g/mol. The summed E-state index contributed by atoms with van der Waals surface area (Å²) in [5, 5.41) is 16.4. The molecule has 0 amide bonds. The smallest absolute Gasteiger partial charge is 0.199 e. The molecule has 1 aliphatic heterocycles. The molecular formula is C12H4N16. The van der Waals surface area contributed by atoms with Gasteiger partial charge >= 0.3 is 0 Å². The fourth-order valence-electron chi connectivity index (χ4n) is 1.91. The zero-order chi connectivity index (χ0) is 18.8. The molecule has 0 spiro atoms. The fourth-order valence-corrected chi connectivity index (χ4v) is 1.91. The lowest BCUT2D eigenvalue weighted by Gasteiger charge is -2.05. The highest BCUT2D eigenvalue weighted by Crippen LogP contribution is 2.16. The molecule has 16 heteroatoms. The van der Waals surface area contributed by atoms with Crippen molar-refractivity contribution in [2.75, 3.05) is 0 Å². The first kappa shape index (κ1) is 15.5. The molecule has 28 heavy (non-hydrogen) atoms. The Morgan fingerprint density at radius 3 is 0.643 bits per heavy atom. The predicted molar refractivity (Wildman–Crippen MR) is 85.1 cm³/mol. The molecule has 132 valence electrons. The van der Waals surface area contributed by atoms with E-state index in [0.717, 1.165) is 0 Å². The lowest BCUT2D eigenvalue weighted by atomic mass is 10.7. The van der Waals surface area contributed by atoms with Crippen molar-refractivity contribution < 1.29 is 0 Å². The number of fused-ring (bicyclic) bond motifs is 8. The van der Waals surface area contributed by atoms with Gasteiger partial charge < -0.3 is 0 Å². The summed E-state index contributed by atoms with van der Waals surface area (Å²) in [5.41, 5.74) is 0. The van der Waals surface area contributed by atoms with E-state index in [4.69, 9.17) is 0 Å². The van der Waals surface area contributed by atoms with E-state index in [9.17, 15) is 0 Å². The van der Waals surface area contributed by atoms with Crippen LogP contribution >= 0.6 is 0 Å². The minimum absolute atomic E-state index is 0.0272. The molecule has 0 aromatic carbocycles. The highest BCUT2D eigenvalue weighted by atomic mass is 15.3. The Morgan fingerprint density at radius 1 is 0.286 bits per heavy atom. The van der Waals surface area contributed by atoms with Crippen LogP contribution in [0.3, 0.4) is 0 Å². The normalized spacial score (nSPS) is 12.0. The summed E-state index contributed by atoms with van der Waals surface area (Å²) in [4.78, 5) is 47.8.